The van der Waals surface area contributed by atoms with Crippen LogP contribution in [0, 0.1) is 5.92 Å². The van der Waals surface area contributed by atoms with E-state index in [9.17, 15) is 0 Å². The second-order valence-electron chi connectivity index (χ2n) is 6.18. The molecule has 0 bridgehead atoms. The van der Waals surface area contributed by atoms with Crippen LogP contribution >= 0.6 is 0 Å². The number of rotatable bonds is 8. The maximum Gasteiger partial charge on any atom is 0.0478 e. The van der Waals surface area contributed by atoms with E-state index in [1.165, 1.54) is 45.1 Å². The molecule has 1 aliphatic carbocycles. The van der Waals surface area contributed by atoms with Crippen LogP contribution in [0.4, 0.5) is 0 Å². The van der Waals surface area contributed by atoms with Gasteiger partial charge in [-0.15, -0.1) is 0 Å². The summed E-state index contributed by atoms with van der Waals surface area (Å²) in [5.41, 5.74) is 0. The third-order valence-electron chi connectivity index (χ3n) is 4.66. The zero-order chi connectivity index (χ0) is 13.3. The molecule has 112 valence electrons. The van der Waals surface area contributed by atoms with Gasteiger partial charge in [-0.1, -0.05) is 19.8 Å². The lowest BCUT2D eigenvalue weighted by Gasteiger charge is -2.33. The van der Waals surface area contributed by atoms with Gasteiger partial charge in [-0.3, -0.25) is 0 Å². The Bertz CT molecular complexity index is 229. The molecule has 2 aliphatic rings. The Labute approximate surface area is 118 Å². The number of hydrogen-bond acceptors (Lipinski definition) is 3. The lowest BCUT2D eigenvalue weighted by Crippen LogP contribution is -2.47. The van der Waals surface area contributed by atoms with Gasteiger partial charge in [0, 0.05) is 25.3 Å². The summed E-state index contributed by atoms with van der Waals surface area (Å²) < 4.78 is 5.54. The van der Waals surface area contributed by atoms with Crippen molar-refractivity contribution >= 4 is 0 Å². The van der Waals surface area contributed by atoms with Gasteiger partial charge in [0.2, 0.25) is 0 Å². The lowest BCUT2D eigenvalue weighted by atomic mass is 9.88. The summed E-state index contributed by atoms with van der Waals surface area (Å²) in [4.78, 5) is 0. The molecule has 3 heteroatoms. The minimum Gasteiger partial charge on any atom is -0.381 e. The van der Waals surface area contributed by atoms with Crippen LogP contribution in [0.5, 0.6) is 0 Å². The Hall–Kier alpha value is -0.120. The molecule has 2 N–H and O–H groups in total. The third kappa shape index (κ3) is 5.05. The third-order valence-corrected chi connectivity index (χ3v) is 4.66. The molecule has 1 saturated carbocycles. The molecule has 19 heavy (non-hydrogen) atoms. The van der Waals surface area contributed by atoms with E-state index in [1.54, 1.807) is 0 Å². The molecule has 3 nitrogen and oxygen atoms in total. The zero-order valence-corrected chi connectivity index (χ0v) is 12.6. The summed E-state index contributed by atoms with van der Waals surface area (Å²) in [6.45, 7) is 6.35. The van der Waals surface area contributed by atoms with Gasteiger partial charge in [0.25, 0.3) is 0 Å². The molecule has 0 aromatic carbocycles. The molecule has 0 aromatic rings. The predicted octanol–water partition coefficient (Wildman–Crippen LogP) is 2.70. The Morgan fingerprint density at radius 3 is 2.84 bits per heavy atom. The molecule has 2 fully saturated rings. The van der Waals surface area contributed by atoms with Gasteiger partial charge >= 0.3 is 0 Å². The van der Waals surface area contributed by atoms with E-state index in [-0.39, 0.29) is 0 Å². The van der Waals surface area contributed by atoms with E-state index >= 15 is 0 Å². The molecular formula is C16H32N2O. The number of piperidine rings is 1. The summed E-state index contributed by atoms with van der Waals surface area (Å²) in [5.74, 6) is 0.872. The SMILES string of the molecule is CCCOCCCNC1CCCC1C1CCCCN1. The molecule has 0 radical (unpaired) electrons. The first-order valence-corrected chi connectivity index (χ1v) is 8.46. The highest BCUT2D eigenvalue weighted by atomic mass is 16.5. The highest BCUT2D eigenvalue weighted by molar-refractivity contribution is 4.92. The molecule has 2 rings (SSSR count). The highest BCUT2D eigenvalue weighted by Crippen LogP contribution is 2.31. The van der Waals surface area contributed by atoms with E-state index in [1.807, 2.05) is 0 Å². The van der Waals surface area contributed by atoms with Crippen LogP contribution in [0.3, 0.4) is 0 Å². The van der Waals surface area contributed by atoms with Crippen molar-refractivity contribution < 1.29 is 4.74 Å². The quantitative estimate of drug-likeness (QED) is 0.664. The van der Waals surface area contributed by atoms with Crippen molar-refractivity contribution in [1.82, 2.24) is 10.6 Å². The largest absolute Gasteiger partial charge is 0.381 e. The maximum absolute atomic E-state index is 5.54. The van der Waals surface area contributed by atoms with Crippen LogP contribution in [0.1, 0.15) is 58.3 Å². The maximum atomic E-state index is 5.54. The monoisotopic (exact) mass is 268 g/mol. The van der Waals surface area contributed by atoms with Crippen molar-refractivity contribution in [3.8, 4) is 0 Å². The van der Waals surface area contributed by atoms with Gasteiger partial charge in [0.1, 0.15) is 0 Å². The fourth-order valence-electron chi connectivity index (χ4n) is 3.68. The van der Waals surface area contributed by atoms with Gasteiger partial charge in [-0.25, -0.2) is 0 Å². The van der Waals surface area contributed by atoms with Gasteiger partial charge in [-0.2, -0.15) is 0 Å². The lowest BCUT2D eigenvalue weighted by molar-refractivity contribution is 0.130. The first-order valence-electron chi connectivity index (χ1n) is 8.46. The molecule has 1 saturated heterocycles. The normalized spacial score (nSPS) is 31.7. The number of ether oxygens (including phenoxy) is 1. The zero-order valence-electron chi connectivity index (χ0n) is 12.6. The Morgan fingerprint density at radius 2 is 2.05 bits per heavy atom. The highest BCUT2D eigenvalue weighted by Gasteiger charge is 2.33. The van der Waals surface area contributed by atoms with Gasteiger partial charge in [0.05, 0.1) is 0 Å². The van der Waals surface area contributed by atoms with Gasteiger partial charge in [0.15, 0.2) is 0 Å². The van der Waals surface area contributed by atoms with Crippen molar-refractivity contribution in [3.05, 3.63) is 0 Å². The standard InChI is InChI=1S/C16H32N2O/c1-2-12-19-13-6-11-18-16-9-5-7-14(16)15-8-3-4-10-17-15/h14-18H,2-13H2,1H3. The van der Waals surface area contributed by atoms with Gasteiger partial charge < -0.3 is 15.4 Å². The first-order chi connectivity index (χ1) is 9.42. The van der Waals surface area contributed by atoms with E-state index in [2.05, 4.69) is 17.6 Å². The predicted molar refractivity (Wildman–Crippen MR) is 80.5 cm³/mol. The fraction of sp³-hybridized carbons (Fsp3) is 1.00. The summed E-state index contributed by atoms with van der Waals surface area (Å²) in [5, 5.41) is 7.53. The van der Waals surface area contributed by atoms with Crippen LogP contribution < -0.4 is 10.6 Å². The fourth-order valence-corrected chi connectivity index (χ4v) is 3.68. The first kappa shape index (κ1) is 15.3. The van der Waals surface area contributed by atoms with Crippen molar-refractivity contribution in [3.63, 3.8) is 0 Å². The molecule has 0 spiro atoms. The van der Waals surface area contributed by atoms with Crippen molar-refractivity contribution in [2.24, 2.45) is 5.92 Å². The summed E-state index contributed by atoms with van der Waals surface area (Å²) in [6, 6.07) is 1.53. The van der Waals surface area contributed by atoms with E-state index in [0.29, 0.717) is 0 Å². The van der Waals surface area contributed by atoms with Crippen LogP contribution in [0.2, 0.25) is 0 Å². The van der Waals surface area contributed by atoms with Crippen LogP contribution in [0.15, 0.2) is 0 Å². The molecular weight excluding hydrogens is 236 g/mol. The van der Waals surface area contributed by atoms with Crippen LogP contribution in [0.25, 0.3) is 0 Å². The van der Waals surface area contributed by atoms with Crippen molar-refractivity contribution in [2.45, 2.75) is 70.4 Å². The second kappa shape index (κ2) is 8.93. The number of nitrogens with one attached hydrogen (secondary N) is 2. The van der Waals surface area contributed by atoms with E-state index < -0.39 is 0 Å². The minimum absolute atomic E-state index is 0.752. The van der Waals surface area contributed by atoms with E-state index in [4.69, 9.17) is 4.74 Å². The number of hydrogen-bond donors (Lipinski definition) is 2. The smallest absolute Gasteiger partial charge is 0.0478 e. The van der Waals surface area contributed by atoms with Crippen LogP contribution in [-0.4, -0.2) is 38.4 Å². The average molecular weight is 268 g/mol. The molecule has 1 aliphatic heterocycles. The minimum atomic E-state index is 0.752. The Balaban J connectivity index is 1.61. The second-order valence-corrected chi connectivity index (χ2v) is 6.18. The van der Waals surface area contributed by atoms with Crippen LogP contribution in [-0.2, 0) is 4.74 Å². The summed E-state index contributed by atoms with van der Waals surface area (Å²) >= 11 is 0. The van der Waals surface area contributed by atoms with Crippen molar-refractivity contribution in [2.75, 3.05) is 26.3 Å². The molecule has 0 aromatic heterocycles. The Morgan fingerprint density at radius 1 is 1.11 bits per heavy atom. The molecule has 3 unspecified atom stereocenters. The average Bonchev–Trinajstić information content (AvgIpc) is 2.92. The molecule has 3 atom stereocenters. The van der Waals surface area contributed by atoms with Gasteiger partial charge in [-0.05, 0) is 57.5 Å². The summed E-state index contributed by atoms with van der Waals surface area (Å²) in [7, 11) is 0. The van der Waals surface area contributed by atoms with E-state index in [0.717, 1.165) is 50.6 Å². The molecule has 1 heterocycles. The summed E-state index contributed by atoms with van der Waals surface area (Å²) in [6.07, 6.45) is 10.7. The topological polar surface area (TPSA) is 33.3 Å². The molecule has 0 amide bonds. The van der Waals surface area contributed by atoms with Crippen molar-refractivity contribution in [1.29, 1.82) is 0 Å². The Kier molecular flexibility index (Phi) is 7.18.